The van der Waals surface area contributed by atoms with E-state index < -0.39 is 12.2 Å². The minimum atomic E-state index is -2.57. The standard InChI is InChI=1S/C18H15BrF2N2O/c1-10-8-11(9-22-14(10)17(20)21)15-12-4-2-5-13(19)16(12)24-18(23-15)6-3-7-18/h2,4-5,8-9,17H,3,6-7H2,1H3. The molecule has 124 valence electrons. The molecule has 1 aromatic carbocycles. The second kappa shape index (κ2) is 5.62. The first-order valence-electron chi connectivity index (χ1n) is 7.82. The van der Waals surface area contributed by atoms with Crippen molar-refractivity contribution < 1.29 is 13.5 Å². The first-order chi connectivity index (χ1) is 11.5. The normalized spacial score (nSPS) is 18.0. The van der Waals surface area contributed by atoms with Crippen LogP contribution in [0.1, 0.15) is 48.1 Å². The Kier molecular flexibility index (Phi) is 3.67. The fraction of sp³-hybridized carbons (Fsp3) is 0.333. The number of hydrogen-bond acceptors (Lipinski definition) is 3. The van der Waals surface area contributed by atoms with Gasteiger partial charge in [-0.1, -0.05) is 6.07 Å². The average molecular weight is 393 g/mol. The summed E-state index contributed by atoms with van der Waals surface area (Å²) in [6.07, 6.45) is 1.70. The van der Waals surface area contributed by atoms with Gasteiger partial charge in [0, 0.05) is 30.2 Å². The molecule has 0 radical (unpaired) electrons. The molecule has 4 rings (SSSR count). The summed E-state index contributed by atoms with van der Waals surface area (Å²) in [7, 11) is 0. The Hall–Kier alpha value is -1.82. The lowest BCUT2D eigenvalue weighted by molar-refractivity contribution is -0.00218. The summed E-state index contributed by atoms with van der Waals surface area (Å²) in [6.45, 7) is 1.65. The van der Waals surface area contributed by atoms with E-state index in [2.05, 4.69) is 20.9 Å². The van der Waals surface area contributed by atoms with Crippen LogP contribution >= 0.6 is 15.9 Å². The van der Waals surface area contributed by atoms with Crippen molar-refractivity contribution in [1.29, 1.82) is 0 Å². The Bertz CT molecular complexity index is 847. The van der Waals surface area contributed by atoms with Crippen molar-refractivity contribution in [2.45, 2.75) is 38.3 Å². The van der Waals surface area contributed by atoms with Crippen molar-refractivity contribution in [3.05, 3.63) is 57.3 Å². The molecule has 1 fully saturated rings. The van der Waals surface area contributed by atoms with E-state index in [1.807, 2.05) is 18.2 Å². The van der Waals surface area contributed by atoms with Crippen molar-refractivity contribution in [3.63, 3.8) is 0 Å². The zero-order chi connectivity index (χ0) is 16.9. The molecular weight excluding hydrogens is 378 g/mol. The third kappa shape index (κ3) is 2.44. The van der Waals surface area contributed by atoms with Crippen LogP contribution in [0, 0.1) is 6.92 Å². The van der Waals surface area contributed by atoms with E-state index in [0.717, 1.165) is 46.3 Å². The van der Waals surface area contributed by atoms with Gasteiger partial charge in [-0.05, 0) is 53.0 Å². The van der Waals surface area contributed by atoms with Crippen LogP contribution < -0.4 is 4.74 Å². The summed E-state index contributed by atoms with van der Waals surface area (Å²) in [5.74, 6) is 0.762. The summed E-state index contributed by atoms with van der Waals surface area (Å²) in [5.41, 5.74) is 2.11. The summed E-state index contributed by atoms with van der Waals surface area (Å²) in [6, 6.07) is 7.50. The third-order valence-electron chi connectivity index (χ3n) is 4.56. The molecule has 6 heteroatoms. The number of aromatic nitrogens is 1. The molecule has 0 N–H and O–H groups in total. The Morgan fingerprint density at radius 1 is 1.29 bits per heavy atom. The van der Waals surface area contributed by atoms with Crippen LogP contribution in [0.3, 0.4) is 0 Å². The first kappa shape index (κ1) is 15.7. The number of ether oxygens (including phenoxy) is 1. The third-order valence-corrected chi connectivity index (χ3v) is 5.19. The number of halogens is 3. The molecule has 0 amide bonds. The zero-order valence-electron chi connectivity index (χ0n) is 13.0. The number of hydrogen-bond donors (Lipinski definition) is 0. The van der Waals surface area contributed by atoms with E-state index >= 15 is 0 Å². The van der Waals surface area contributed by atoms with Crippen molar-refractivity contribution in [2.75, 3.05) is 0 Å². The van der Waals surface area contributed by atoms with Crippen LogP contribution in [0.15, 0.2) is 39.9 Å². The predicted octanol–water partition coefficient (Wildman–Crippen LogP) is 5.20. The van der Waals surface area contributed by atoms with Gasteiger partial charge in [0.1, 0.15) is 11.4 Å². The molecule has 0 unspecified atom stereocenters. The van der Waals surface area contributed by atoms with E-state index in [1.54, 1.807) is 13.0 Å². The number of fused-ring (bicyclic) bond motifs is 1. The molecule has 2 aromatic rings. The quantitative estimate of drug-likeness (QED) is 0.703. The number of benzene rings is 1. The number of rotatable bonds is 2. The van der Waals surface area contributed by atoms with Crippen LogP contribution in [0.4, 0.5) is 8.78 Å². The maximum atomic E-state index is 13.0. The van der Waals surface area contributed by atoms with Crippen LogP contribution in [-0.2, 0) is 0 Å². The van der Waals surface area contributed by atoms with Crippen molar-refractivity contribution >= 4 is 21.6 Å². The maximum absolute atomic E-state index is 13.0. The fourth-order valence-corrected chi connectivity index (χ4v) is 3.58. The number of nitrogens with zero attached hydrogens (tertiary/aromatic N) is 2. The van der Waals surface area contributed by atoms with Gasteiger partial charge >= 0.3 is 0 Å². The van der Waals surface area contributed by atoms with Crippen LogP contribution in [-0.4, -0.2) is 16.4 Å². The highest BCUT2D eigenvalue weighted by atomic mass is 79.9. The van der Waals surface area contributed by atoms with Crippen LogP contribution in [0.25, 0.3) is 0 Å². The highest BCUT2D eigenvalue weighted by Gasteiger charge is 2.43. The van der Waals surface area contributed by atoms with Gasteiger partial charge in [0.05, 0.1) is 10.2 Å². The largest absolute Gasteiger partial charge is 0.464 e. The molecule has 1 spiro atoms. The topological polar surface area (TPSA) is 34.5 Å². The lowest BCUT2D eigenvalue weighted by Crippen LogP contribution is -2.44. The molecule has 2 aliphatic rings. The molecule has 3 nitrogen and oxygen atoms in total. The van der Waals surface area contributed by atoms with Crippen molar-refractivity contribution in [3.8, 4) is 5.75 Å². The van der Waals surface area contributed by atoms with Gasteiger partial charge < -0.3 is 4.74 Å². The smallest absolute Gasteiger partial charge is 0.280 e. The molecule has 24 heavy (non-hydrogen) atoms. The van der Waals surface area contributed by atoms with Gasteiger partial charge in [0.25, 0.3) is 6.43 Å². The van der Waals surface area contributed by atoms with Crippen LogP contribution in [0.5, 0.6) is 5.75 Å². The number of pyridine rings is 1. The zero-order valence-corrected chi connectivity index (χ0v) is 14.6. The van der Waals surface area contributed by atoms with Gasteiger partial charge in [-0.25, -0.2) is 13.8 Å². The molecule has 1 aliphatic heterocycles. The van der Waals surface area contributed by atoms with Crippen molar-refractivity contribution in [2.24, 2.45) is 4.99 Å². The highest BCUT2D eigenvalue weighted by molar-refractivity contribution is 9.10. The molecule has 1 saturated carbocycles. The van der Waals surface area contributed by atoms with Crippen LogP contribution in [0.2, 0.25) is 0 Å². The van der Waals surface area contributed by atoms with Gasteiger partial charge in [-0.3, -0.25) is 4.98 Å². The molecule has 1 aromatic heterocycles. The monoisotopic (exact) mass is 392 g/mol. The molecule has 0 atom stereocenters. The van der Waals surface area contributed by atoms with Gasteiger partial charge in [-0.15, -0.1) is 0 Å². The van der Waals surface area contributed by atoms with E-state index in [9.17, 15) is 8.78 Å². The lowest BCUT2D eigenvalue weighted by Gasteiger charge is -2.42. The summed E-state index contributed by atoms with van der Waals surface area (Å²) in [4.78, 5) is 8.79. The molecule has 0 saturated heterocycles. The second-order valence-corrected chi connectivity index (χ2v) is 7.06. The minimum Gasteiger partial charge on any atom is -0.464 e. The Morgan fingerprint density at radius 3 is 2.71 bits per heavy atom. The highest BCUT2D eigenvalue weighted by Crippen LogP contribution is 2.46. The SMILES string of the molecule is Cc1cc(C2=NC3(CCC3)Oc3c(Br)cccc32)cnc1C(F)F. The second-order valence-electron chi connectivity index (χ2n) is 6.21. The average Bonchev–Trinajstić information content (AvgIpc) is 2.52. The van der Waals surface area contributed by atoms with Crippen molar-refractivity contribution in [1.82, 2.24) is 4.98 Å². The molecular formula is C18H15BrF2N2O. The molecule has 0 bridgehead atoms. The fourth-order valence-electron chi connectivity index (χ4n) is 3.13. The number of aryl methyl sites for hydroxylation is 1. The maximum Gasteiger partial charge on any atom is 0.280 e. The molecule has 1 aliphatic carbocycles. The number of para-hydroxylation sites is 1. The summed E-state index contributed by atoms with van der Waals surface area (Å²) < 4.78 is 32.9. The Labute approximate surface area is 146 Å². The number of aliphatic imine (C=N–C) groups is 1. The Morgan fingerprint density at radius 2 is 2.08 bits per heavy atom. The summed E-state index contributed by atoms with van der Waals surface area (Å²) >= 11 is 3.54. The van der Waals surface area contributed by atoms with Gasteiger partial charge in [0.15, 0.2) is 0 Å². The van der Waals surface area contributed by atoms with E-state index in [0.29, 0.717) is 5.56 Å². The lowest BCUT2D eigenvalue weighted by atomic mass is 9.86. The number of alkyl halides is 2. The molecule has 2 heterocycles. The Balaban J connectivity index is 1.87. The van der Waals surface area contributed by atoms with E-state index in [4.69, 9.17) is 9.73 Å². The van der Waals surface area contributed by atoms with Gasteiger partial charge in [-0.2, -0.15) is 0 Å². The summed E-state index contributed by atoms with van der Waals surface area (Å²) in [5, 5.41) is 0. The predicted molar refractivity (Wildman–Crippen MR) is 90.9 cm³/mol. The first-order valence-corrected chi connectivity index (χ1v) is 8.61. The van der Waals surface area contributed by atoms with E-state index in [1.165, 1.54) is 6.20 Å². The van der Waals surface area contributed by atoms with E-state index in [-0.39, 0.29) is 5.69 Å². The minimum absolute atomic E-state index is 0.181. The van der Waals surface area contributed by atoms with Gasteiger partial charge in [0.2, 0.25) is 5.72 Å².